The summed E-state index contributed by atoms with van der Waals surface area (Å²) in [5.41, 5.74) is 3.98. The highest BCUT2D eigenvalue weighted by atomic mass is 16.7. The summed E-state index contributed by atoms with van der Waals surface area (Å²) in [6.45, 7) is 12.4. The fraction of sp³-hybridized carbons (Fsp3) is 0.607. The highest BCUT2D eigenvalue weighted by molar-refractivity contribution is 5.66. The smallest absolute Gasteiger partial charge is 0.507 e. The van der Waals surface area contributed by atoms with Gasteiger partial charge in [-0.15, -0.1) is 0 Å². The summed E-state index contributed by atoms with van der Waals surface area (Å²) in [7, 11) is 0. The number of aryl methyl sites for hydroxylation is 1. The molecule has 0 radical (unpaired) electrons. The van der Waals surface area contributed by atoms with Gasteiger partial charge < -0.3 is 19.3 Å². The van der Waals surface area contributed by atoms with Crippen molar-refractivity contribution in [2.45, 2.75) is 78.1 Å². The van der Waals surface area contributed by atoms with E-state index in [-0.39, 0.29) is 17.6 Å². The molecular formula is C28H40O5. The first-order chi connectivity index (χ1) is 15.9. The molecule has 5 nitrogen and oxygen atoms in total. The normalized spacial score (nSPS) is 20.6. The van der Waals surface area contributed by atoms with Gasteiger partial charge in [0.25, 0.3) is 0 Å². The van der Waals surface area contributed by atoms with Crippen LogP contribution in [0.5, 0.6) is 11.5 Å². The van der Waals surface area contributed by atoms with Gasteiger partial charge >= 0.3 is 6.16 Å². The molecule has 1 N–H and O–H groups in total. The molecule has 3 rings (SSSR count). The van der Waals surface area contributed by atoms with Crippen molar-refractivity contribution in [2.24, 2.45) is 11.8 Å². The van der Waals surface area contributed by atoms with Crippen LogP contribution in [0.1, 0.15) is 82.8 Å². The third kappa shape index (κ3) is 7.10. The molecule has 33 heavy (non-hydrogen) atoms. The molecule has 1 aromatic carbocycles. The van der Waals surface area contributed by atoms with Crippen molar-refractivity contribution in [3.05, 3.63) is 47.1 Å². The number of aromatic hydroxyl groups is 1. The Hall–Kier alpha value is -2.27. The Morgan fingerprint density at radius 2 is 2.03 bits per heavy atom. The summed E-state index contributed by atoms with van der Waals surface area (Å²) in [6, 6.07) is 3.74. The summed E-state index contributed by atoms with van der Waals surface area (Å²) in [5.74, 6) is 1.27. The number of unbranched alkanes of at least 4 members (excludes halogenated alkanes) is 2. The molecule has 2 aliphatic rings. The second kappa shape index (κ2) is 12.3. The van der Waals surface area contributed by atoms with E-state index in [0.29, 0.717) is 23.8 Å². The average Bonchev–Trinajstić information content (AvgIpc) is 2.72. The van der Waals surface area contributed by atoms with Gasteiger partial charge in [0.2, 0.25) is 0 Å². The van der Waals surface area contributed by atoms with Gasteiger partial charge in [0.15, 0.2) is 0 Å². The molecule has 1 aliphatic carbocycles. The number of hydrogen-bond donors (Lipinski definition) is 1. The first kappa shape index (κ1) is 25.4. The van der Waals surface area contributed by atoms with Crippen LogP contribution in [-0.4, -0.2) is 31.1 Å². The summed E-state index contributed by atoms with van der Waals surface area (Å²) in [6.07, 6.45) is 9.33. The number of carbonyl (C=O) groups is 1. The van der Waals surface area contributed by atoms with Crippen LogP contribution in [0.15, 0.2) is 35.9 Å². The fourth-order valence-electron chi connectivity index (χ4n) is 4.81. The molecule has 0 unspecified atom stereocenters. The second-order valence-electron chi connectivity index (χ2n) is 9.76. The molecule has 5 heteroatoms. The van der Waals surface area contributed by atoms with E-state index in [1.165, 1.54) is 5.57 Å². The zero-order valence-electron chi connectivity index (χ0n) is 20.5. The summed E-state index contributed by atoms with van der Waals surface area (Å²) < 4.78 is 16.3. The molecule has 1 saturated heterocycles. The van der Waals surface area contributed by atoms with Gasteiger partial charge in [-0.1, -0.05) is 43.6 Å². The first-order valence-electron chi connectivity index (χ1n) is 12.5. The summed E-state index contributed by atoms with van der Waals surface area (Å²) >= 11 is 0. The summed E-state index contributed by atoms with van der Waals surface area (Å²) in [5, 5.41) is 11.1. The molecule has 0 aromatic heterocycles. The predicted octanol–water partition coefficient (Wildman–Crippen LogP) is 7.08. The van der Waals surface area contributed by atoms with Crippen LogP contribution in [0.2, 0.25) is 0 Å². The van der Waals surface area contributed by atoms with Crippen LogP contribution in [0.25, 0.3) is 0 Å². The van der Waals surface area contributed by atoms with Gasteiger partial charge in [0, 0.05) is 17.4 Å². The quantitative estimate of drug-likeness (QED) is 0.167. The van der Waals surface area contributed by atoms with Crippen molar-refractivity contribution < 1.29 is 24.1 Å². The maximum Gasteiger partial charge on any atom is 0.513 e. The molecule has 1 aliphatic heterocycles. The predicted molar refractivity (Wildman–Crippen MR) is 131 cm³/mol. The summed E-state index contributed by atoms with van der Waals surface area (Å²) in [4.78, 5) is 12.6. The molecular weight excluding hydrogens is 416 g/mol. The van der Waals surface area contributed by atoms with Gasteiger partial charge in [-0.3, -0.25) is 0 Å². The lowest BCUT2D eigenvalue weighted by atomic mass is 9.73. The number of hydrogen-bond acceptors (Lipinski definition) is 5. The second-order valence-corrected chi connectivity index (χ2v) is 9.76. The zero-order chi connectivity index (χ0) is 23.8. The number of ether oxygens (including phenoxy) is 3. The Bertz CT molecular complexity index is 852. The number of phenolic OH excluding ortho intramolecular Hbond substituents is 1. The SMILES string of the molecule is C=C(C)[C@@H]1CCC(C)=C[C@H]1c1c(O)cc(CCCCC)cc1OC(=O)OCCCC1COC1. The van der Waals surface area contributed by atoms with E-state index in [1.54, 1.807) is 0 Å². The van der Waals surface area contributed by atoms with Crippen LogP contribution in [0.4, 0.5) is 4.79 Å². The van der Waals surface area contributed by atoms with Crippen molar-refractivity contribution in [1.82, 2.24) is 0 Å². The van der Waals surface area contributed by atoms with E-state index in [0.717, 1.165) is 75.7 Å². The highest BCUT2D eigenvalue weighted by Gasteiger charge is 2.31. The topological polar surface area (TPSA) is 65.0 Å². The fourth-order valence-corrected chi connectivity index (χ4v) is 4.81. The minimum atomic E-state index is -0.713. The molecule has 182 valence electrons. The lowest BCUT2D eigenvalue weighted by Gasteiger charge is -2.32. The minimum absolute atomic E-state index is 0.0811. The van der Waals surface area contributed by atoms with Gasteiger partial charge in [-0.25, -0.2) is 4.79 Å². The standard InChI is InChI=1S/C28H40O5/c1-5-6-7-9-21-15-25(29)27(24-14-20(4)11-12-23(24)19(2)3)26(16-21)33-28(30)32-13-8-10-22-17-31-18-22/h14-16,22-24,29H,2,5-13,17-18H2,1,3-4H3/t23-,24+/m0/s1. The van der Waals surface area contributed by atoms with Crippen molar-refractivity contribution >= 4 is 6.16 Å². The van der Waals surface area contributed by atoms with E-state index >= 15 is 0 Å². The maximum atomic E-state index is 12.6. The van der Waals surface area contributed by atoms with E-state index < -0.39 is 6.16 Å². The van der Waals surface area contributed by atoms with Gasteiger partial charge in [0.1, 0.15) is 11.5 Å². The Kier molecular flexibility index (Phi) is 9.42. The number of phenols is 1. The number of allylic oxidation sites excluding steroid dienone is 3. The lowest BCUT2D eigenvalue weighted by Crippen LogP contribution is -2.27. The number of benzene rings is 1. The number of rotatable bonds is 11. The van der Waals surface area contributed by atoms with Crippen LogP contribution < -0.4 is 4.74 Å². The van der Waals surface area contributed by atoms with E-state index in [2.05, 4.69) is 26.5 Å². The van der Waals surface area contributed by atoms with Gasteiger partial charge in [-0.2, -0.15) is 0 Å². The van der Waals surface area contributed by atoms with E-state index in [9.17, 15) is 9.90 Å². The molecule has 0 bridgehead atoms. The maximum absolute atomic E-state index is 12.6. The van der Waals surface area contributed by atoms with Crippen LogP contribution in [0, 0.1) is 11.8 Å². The lowest BCUT2D eigenvalue weighted by molar-refractivity contribution is -0.0382. The Morgan fingerprint density at radius 3 is 2.70 bits per heavy atom. The van der Waals surface area contributed by atoms with Crippen LogP contribution in [0.3, 0.4) is 0 Å². The molecule has 2 atom stereocenters. The van der Waals surface area contributed by atoms with E-state index in [1.807, 2.05) is 19.1 Å². The Labute approximate surface area is 198 Å². The minimum Gasteiger partial charge on any atom is -0.507 e. The molecule has 1 aromatic rings. The first-order valence-corrected chi connectivity index (χ1v) is 12.5. The molecule has 0 spiro atoms. The average molecular weight is 457 g/mol. The zero-order valence-corrected chi connectivity index (χ0v) is 20.5. The van der Waals surface area contributed by atoms with Crippen molar-refractivity contribution in [3.63, 3.8) is 0 Å². The Balaban J connectivity index is 1.80. The molecule has 0 saturated carbocycles. The van der Waals surface area contributed by atoms with Crippen molar-refractivity contribution in [3.8, 4) is 11.5 Å². The van der Waals surface area contributed by atoms with Gasteiger partial charge in [-0.05, 0) is 76.0 Å². The third-order valence-corrected chi connectivity index (χ3v) is 6.84. The number of carbonyl (C=O) groups excluding carboxylic acids is 1. The van der Waals surface area contributed by atoms with Crippen molar-refractivity contribution in [1.29, 1.82) is 0 Å². The Morgan fingerprint density at radius 1 is 1.24 bits per heavy atom. The molecule has 1 heterocycles. The van der Waals surface area contributed by atoms with Crippen LogP contribution >= 0.6 is 0 Å². The largest absolute Gasteiger partial charge is 0.513 e. The highest BCUT2D eigenvalue weighted by Crippen LogP contribution is 2.47. The molecule has 1 fully saturated rings. The van der Waals surface area contributed by atoms with Gasteiger partial charge in [0.05, 0.1) is 19.8 Å². The monoisotopic (exact) mass is 456 g/mol. The van der Waals surface area contributed by atoms with E-state index in [4.69, 9.17) is 14.2 Å². The van der Waals surface area contributed by atoms with Crippen LogP contribution in [-0.2, 0) is 15.9 Å². The third-order valence-electron chi connectivity index (χ3n) is 6.84. The van der Waals surface area contributed by atoms with Crippen molar-refractivity contribution in [2.75, 3.05) is 19.8 Å². The molecule has 0 amide bonds.